The molecule has 0 unspecified atom stereocenters. The minimum atomic E-state index is 0.510. The van der Waals surface area contributed by atoms with E-state index in [4.69, 9.17) is 12.2 Å². The van der Waals surface area contributed by atoms with Crippen LogP contribution in [-0.4, -0.2) is 36.0 Å². The molecule has 0 aliphatic carbocycles. The van der Waals surface area contributed by atoms with Crippen molar-refractivity contribution in [3.05, 3.63) is 35.9 Å². The van der Waals surface area contributed by atoms with Gasteiger partial charge in [0.05, 0.1) is 0 Å². The molecule has 0 aromatic heterocycles. The van der Waals surface area contributed by atoms with Crippen molar-refractivity contribution in [1.82, 2.24) is 10.2 Å². The summed E-state index contributed by atoms with van der Waals surface area (Å²) >= 11 is 5.12. The van der Waals surface area contributed by atoms with Crippen molar-refractivity contribution in [3.63, 3.8) is 0 Å². The summed E-state index contributed by atoms with van der Waals surface area (Å²) in [6.07, 6.45) is 0. The van der Waals surface area contributed by atoms with E-state index in [1.54, 1.807) is 7.05 Å². The van der Waals surface area contributed by atoms with Crippen LogP contribution in [0.15, 0.2) is 35.3 Å². The monoisotopic (exact) mass is 249 g/mol. The van der Waals surface area contributed by atoms with Gasteiger partial charge >= 0.3 is 0 Å². The van der Waals surface area contributed by atoms with Gasteiger partial charge in [-0.15, -0.1) is 0 Å². The lowest BCUT2D eigenvalue weighted by atomic mass is 10.2. The van der Waals surface area contributed by atoms with E-state index in [0.717, 1.165) is 24.5 Å². The lowest BCUT2D eigenvalue weighted by Gasteiger charge is -2.23. The van der Waals surface area contributed by atoms with Crippen LogP contribution >= 0.6 is 12.2 Å². The topological polar surface area (TPSA) is 27.6 Å². The molecule has 0 saturated carbocycles. The van der Waals surface area contributed by atoms with Crippen LogP contribution in [0.1, 0.15) is 19.4 Å². The molecule has 0 spiro atoms. The van der Waals surface area contributed by atoms with Crippen LogP contribution in [0.5, 0.6) is 0 Å². The van der Waals surface area contributed by atoms with Gasteiger partial charge in [0.15, 0.2) is 5.11 Å². The predicted molar refractivity (Wildman–Crippen MR) is 77.6 cm³/mol. The van der Waals surface area contributed by atoms with Crippen LogP contribution < -0.4 is 5.32 Å². The van der Waals surface area contributed by atoms with Crippen LogP contribution in [0.25, 0.3) is 0 Å². The third-order valence-corrected chi connectivity index (χ3v) is 2.81. The van der Waals surface area contributed by atoms with Gasteiger partial charge in [0.1, 0.15) is 5.84 Å². The molecule has 1 N–H and O–H groups in total. The molecule has 3 nitrogen and oxygen atoms in total. The maximum atomic E-state index is 5.12. The molecule has 1 rings (SSSR count). The summed E-state index contributed by atoms with van der Waals surface area (Å²) < 4.78 is 0. The van der Waals surface area contributed by atoms with Crippen molar-refractivity contribution in [2.45, 2.75) is 13.8 Å². The summed E-state index contributed by atoms with van der Waals surface area (Å²) in [5, 5.41) is 3.40. The third kappa shape index (κ3) is 3.82. The smallest absolute Gasteiger partial charge is 0.194 e. The lowest BCUT2D eigenvalue weighted by Crippen LogP contribution is -2.33. The van der Waals surface area contributed by atoms with Gasteiger partial charge in [0.25, 0.3) is 0 Å². The first-order chi connectivity index (χ1) is 8.22. The Balaban J connectivity index is 3.11. The van der Waals surface area contributed by atoms with Gasteiger partial charge in [-0.2, -0.15) is 0 Å². The van der Waals surface area contributed by atoms with E-state index >= 15 is 0 Å². The molecular weight excluding hydrogens is 230 g/mol. The second-order valence-corrected chi connectivity index (χ2v) is 3.92. The summed E-state index contributed by atoms with van der Waals surface area (Å²) in [5.41, 5.74) is 1.09. The Kier molecular flexibility index (Phi) is 5.63. The van der Waals surface area contributed by atoms with Crippen LogP contribution in [0, 0.1) is 0 Å². The van der Waals surface area contributed by atoms with Crippen LogP contribution in [-0.2, 0) is 0 Å². The molecule has 92 valence electrons. The largest absolute Gasteiger partial charge is 0.364 e. The molecule has 0 atom stereocenters. The number of amidine groups is 1. The number of aliphatic imine (C=N–C) groups is 1. The Bertz CT molecular complexity index is 383. The number of hydrogen-bond acceptors (Lipinski definition) is 1. The van der Waals surface area contributed by atoms with E-state index < -0.39 is 0 Å². The molecule has 0 amide bonds. The maximum Gasteiger partial charge on any atom is 0.194 e. The zero-order chi connectivity index (χ0) is 12.7. The van der Waals surface area contributed by atoms with E-state index in [1.165, 1.54) is 0 Å². The van der Waals surface area contributed by atoms with Crippen molar-refractivity contribution in [2.75, 3.05) is 20.1 Å². The summed E-state index contributed by atoms with van der Waals surface area (Å²) in [6.45, 7) is 6.06. The summed E-state index contributed by atoms with van der Waals surface area (Å²) in [5.74, 6) is 0.926. The molecular formula is C13H19N3S. The predicted octanol–water partition coefficient (Wildman–Crippen LogP) is 2.28. The average Bonchev–Trinajstić information content (AvgIpc) is 2.39. The zero-order valence-electron chi connectivity index (χ0n) is 10.6. The number of nitrogens with one attached hydrogen (secondary N) is 1. The van der Waals surface area contributed by atoms with E-state index in [1.807, 2.05) is 18.2 Å². The first-order valence-electron chi connectivity index (χ1n) is 5.83. The van der Waals surface area contributed by atoms with Gasteiger partial charge in [0.2, 0.25) is 0 Å². The van der Waals surface area contributed by atoms with E-state index in [2.05, 4.69) is 41.2 Å². The molecule has 17 heavy (non-hydrogen) atoms. The van der Waals surface area contributed by atoms with E-state index in [9.17, 15) is 0 Å². The molecule has 1 aromatic carbocycles. The Hall–Kier alpha value is -1.42. The highest BCUT2D eigenvalue weighted by atomic mass is 32.1. The first kappa shape index (κ1) is 13.6. The molecule has 0 fully saturated rings. The molecule has 1 aromatic rings. The van der Waals surface area contributed by atoms with Crippen molar-refractivity contribution in [3.8, 4) is 0 Å². The fraction of sp³-hybridized carbons (Fsp3) is 0.385. The molecule has 0 aliphatic rings. The minimum Gasteiger partial charge on any atom is -0.364 e. The highest BCUT2D eigenvalue weighted by Gasteiger charge is 2.10. The molecule has 0 bridgehead atoms. The highest BCUT2D eigenvalue weighted by Crippen LogP contribution is 2.06. The van der Waals surface area contributed by atoms with Gasteiger partial charge < -0.3 is 10.2 Å². The zero-order valence-corrected chi connectivity index (χ0v) is 11.4. The van der Waals surface area contributed by atoms with Gasteiger partial charge in [-0.1, -0.05) is 30.3 Å². The molecule has 0 heterocycles. The van der Waals surface area contributed by atoms with Crippen LogP contribution in [0.3, 0.4) is 0 Å². The van der Waals surface area contributed by atoms with Gasteiger partial charge in [-0.05, 0) is 26.1 Å². The fourth-order valence-corrected chi connectivity index (χ4v) is 1.67. The van der Waals surface area contributed by atoms with Crippen molar-refractivity contribution >= 4 is 23.2 Å². The Morgan fingerprint density at radius 1 is 1.24 bits per heavy atom. The fourth-order valence-electron chi connectivity index (χ4n) is 1.58. The Labute approximate surface area is 109 Å². The lowest BCUT2D eigenvalue weighted by molar-refractivity contribution is 0.467. The van der Waals surface area contributed by atoms with Gasteiger partial charge in [-0.25, -0.2) is 4.99 Å². The normalized spacial score (nSPS) is 11.1. The van der Waals surface area contributed by atoms with E-state index in [-0.39, 0.29) is 0 Å². The summed E-state index contributed by atoms with van der Waals surface area (Å²) in [6, 6.07) is 10.1. The highest BCUT2D eigenvalue weighted by molar-refractivity contribution is 7.80. The van der Waals surface area contributed by atoms with Crippen molar-refractivity contribution < 1.29 is 0 Å². The standard InChI is InChI=1S/C13H19N3S/c1-4-16(5-2)12(15-13(17)14-3)11-9-7-6-8-10-11/h6-10H,4-5H2,1-3H3,(H,14,17). The van der Waals surface area contributed by atoms with E-state index in [0.29, 0.717) is 5.11 Å². The Morgan fingerprint density at radius 3 is 2.29 bits per heavy atom. The molecule has 4 heteroatoms. The first-order valence-corrected chi connectivity index (χ1v) is 6.24. The molecule has 0 radical (unpaired) electrons. The quantitative estimate of drug-likeness (QED) is 0.506. The molecule has 0 saturated heterocycles. The maximum absolute atomic E-state index is 5.12. The number of nitrogens with zero attached hydrogens (tertiary/aromatic N) is 2. The second-order valence-electron chi connectivity index (χ2n) is 3.53. The van der Waals surface area contributed by atoms with Crippen molar-refractivity contribution in [2.24, 2.45) is 4.99 Å². The number of hydrogen-bond donors (Lipinski definition) is 1. The van der Waals surface area contributed by atoms with Gasteiger partial charge in [0, 0.05) is 25.7 Å². The van der Waals surface area contributed by atoms with Gasteiger partial charge in [-0.3, -0.25) is 0 Å². The summed E-state index contributed by atoms with van der Waals surface area (Å²) in [4.78, 5) is 6.66. The summed E-state index contributed by atoms with van der Waals surface area (Å²) in [7, 11) is 1.79. The number of thiocarbonyl (C=S) groups is 1. The Morgan fingerprint density at radius 2 is 1.82 bits per heavy atom. The number of rotatable bonds is 3. The van der Waals surface area contributed by atoms with Crippen LogP contribution in [0.2, 0.25) is 0 Å². The number of benzene rings is 1. The van der Waals surface area contributed by atoms with Crippen molar-refractivity contribution in [1.29, 1.82) is 0 Å². The van der Waals surface area contributed by atoms with Crippen LogP contribution in [0.4, 0.5) is 0 Å². The molecule has 0 aliphatic heterocycles. The minimum absolute atomic E-state index is 0.510. The third-order valence-electron chi connectivity index (χ3n) is 2.52. The SMILES string of the molecule is CCN(CC)C(=NC(=S)NC)c1ccccc1. The second kappa shape index (κ2) is 7.01. The average molecular weight is 249 g/mol.